The van der Waals surface area contributed by atoms with E-state index in [2.05, 4.69) is 5.32 Å². The Morgan fingerprint density at radius 3 is 2.10 bits per heavy atom. The Balaban J connectivity index is 1.90. The van der Waals surface area contributed by atoms with E-state index in [9.17, 15) is 18.0 Å². The molecule has 0 radical (unpaired) electrons. The van der Waals surface area contributed by atoms with Crippen LogP contribution in [0.3, 0.4) is 0 Å². The smallest absolute Gasteiger partial charge is 0.307 e. The third kappa shape index (κ3) is 5.10. The number of carbonyl (C=O) groups excluding carboxylic acids is 2. The first-order valence-electron chi connectivity index (χ1n) is 9.32. The minimum Gasteiger partial charge on any atom is -0.469 e. The molecule has 8 nitrogen and oxygen atoms in total. The summed E-state index contributed by atoms with van der Waals surface area (Å²) in [6.07, 6.45) is -0.0349. The number of hydrogen-bond donors (Lipinski definition) is 1. The Labute approximate surface area is 180 Å². The average Bonchev–Trinajstić information content (AvgIpc) is 2.72. The zero-order chi connectivity index (χ0) is 21.9. The lowest BCUT2D eigenvalue weighted by molar-refractivity contribution is -0.141. The van der Waals surface area contributed by atoms with Crippen LogP contribution in [0.25, 0.3) is 10.8 Å². The molecule has 0 amide bonds. The summed E-state index contributed by atoms with van der Waals surface area (Å²) in [7, 11) is -1.32. The lowest BCUT2D eigenvalue weighted by atomic mass is 10.1. The summed E-state index contributed by atoms with van der Waals surface area (Å²) in [6.45, 7) is 0.154. The van der Waals surface area contributed by atoms with Crippen molar-refractivity contribution in [2.45, 2.75) is 29.8 Å². The van der Waals surface area contributed by atoms with E-state index in [4.69, 9.17) is 21.1 Å². The molecule has 3 rings (SSSR count). The summed E-state index contributed by atoms with van der Waals surface area (Å²) in [5.74, 6) is -0.933. The molecule has 2 atom stereocenters. The van der Waals surface area contributed by atoms with Gasteiger partial charge in [0, 0.05) is 30.2 Å². The average molecular weight is 455 g/mol. The van der Waals surface area contributed by atoms with Gasteiger partial charge >= 0.3 is 11.9 Å². The number of nitrogens with zero attached hydrogens (tertiary/aromatic N) is 1. The van der Waals surface area contributed by atoms with Crippen LogP contribution in [-0.4, -0.2) is 64.1 Å². The van der Waals surface area contributed by atoms with Crippen molar-refractivity contribution in [3.8, 4) is 0 Å². The number of halogens is 1. The van der Waals surface area contributed by atoms with Crippen LogP contribution in [0.15, 0.2) is 41.3 Å². The van der Waals surface area contributed by atoms with E-state index in [0.717, 1.165) is 10.8 Å². The molecule has 1 N–H and O–H groups in total. The number of rotatable bonds is 6. The Bertz CT molecular complexity index is 1030. The maximum absolute atomic E-state index is 13.3. The largest absolute Gasteiger partial charge is 0.469 e. The summed E-state index contributed by atoms with van der Waals surface area (Å²) in [5.41, 5.74) is 0. The monoisotopic (exact) mass is 454 g/mol. The zero-order valence-corrected chi connectivity index (χ0v) is 18.2. The molecule has 0 aromatic heterocycles. The van der Waals surface area contributed by atoms with Gasteiger partial charge in [0.25, 0.3) is 0 Å². The molecule has 1 heterocycles. The lowest BCUT2D eigenvalue weighted by Crippen LogP contribution is -2.58. The van der Waals surface area contributed by atoms with E-state index in [1.165, 1.54) is 24.6 Å². The van der Waals surface area contributed by atoms with Gasteiger partial charge in [0.2, 0.25) is 10.0 Å². The third-order valence-electron chi connectivity index (χ3n) is 5.01. The van der Waals surface area contributed by atoms with E-state index in [1.807, 2.05) is 0 Å². The molecule has 162 valence electrons. The highest BCUT2D eigenvalue weighted by Crippen LogP contribution is 2.26. The van der Waals surface area contributed by atoms with Crippen molar-refractivity contribution < 1.29 is 27.5 Å². The number of nitrogens with one attached hydrogen (secondary N) is 1. The van der Waals surface area contributed by atoms with Crippen molar-refractivity contribution in [1.82, 2.24) is 9.62 Å². The predicted octanol–water partition coefficient (Wildman–Crippen LogP) is 1.95. The van der Waals surface area contributed by atoms with E-state index in [-0.39, 0.29) is 30.8 Å². The van der Waals surface area contributed by atoms with E-state index in [1.54, 1.807) is 30.3 Å². The van der Waals surface area contributed by atoms with Crippen LogP contribution in [0.2, 0.25) is 5.02 Å². The highest BCUT2D eigenvalue weighted by Gasteiger charge is 2.36. The van der Waals surface area contributed by atoms with E-state index < -0.39 is 34.0 Å². The molecule has 2 aromatic rings. The second-order valence-electron chi connectivity index (χ2n) is 7.10. The molecule has 1 saturated heterocycles. The van der Waals surface area contributed by atoms with Gasteiger partial charge in [-0.05, 0) is 35.0 Å². The maximum Gasteiger partial charge on any atom is 0.307 e. The number of ether oxygens (including phenoxy) is 2. The fraction of sp³-hybridized carbons (Fsp3) is 0.400. The number of methoxy groups -OCH3 is 2. The summed E-state index contributed by atoms with van der Waals surface area (Å²) in [6, 6.07) is 9.06. The molecule has 1 aliphatic heterocycles. The fourth-order valence-electron chi connectivity index (χ4n) is 3.52. The molecule has 0 bridgehead atoms. The highest BCUT2D eigenvalue weighted by molar-refractivity contribution is 7.89. The van der Waals surface area contributed by atoms with Gasteiger partial charge in [-0.3, -0.25) is 9.59 Å². The van der Waals surface area contributed by atoms with Crippen LogP contribution in [0.1, 0.15) is 12.8 Å². The molecular weight excluding hydrogens is 432 g/mol. The minimum atomic E-state index is -3.86. The second kappa shape index (κ2) is 9.30. The van der Waals surface area contributed by atoms with Gasteiger partial charge in [0.1, 0.15) is 0 Å². The molecule has 30 heavy (non-hydrogen) atoms. The molecule has 0 unspecified atom stereocenters. The quantitative estimate of drug-likeness (QED) is 0.665. The number of piperazine rings is 1. The van der Waals surface area contributed by atoms with Gasteiger partial charge in [-0.1, -0.05) is 23.7 Å². The molecule has 2 aromatic carbocycles. The Morgan fingerprint density at radius 2 is 1.53 bits per heavy atom. The van der Waals surface area contributed by atoms with E-state index in [0.29, 0.717) is 5.02 Å². The second-order valence-corrected chi connectivity index (χ2v) is 9.47. The zero-order valence-electron chi connectivity index (χ0n) is 16.6. The van der Waals surface area contributed by atoms with E-state index >= 15 is 0 Å². The molecule has 1 aliphatic rings. The third-order valence-corrected chi connectivity index (χ3v) is 7.08. The first-order valence-corrected chi connectivity index (χ1v) is 11.1. The number of fused-ring (bicyclic) bond motifs is 1. The SMILES string of the molecule is COC(=O)C[C@H]1CN(S(=O)(=O)c2ccc3cc(Cl)ccc3c2)C[C@H](CC(=O)OC)N1. The Hall–Kier alpha value is -2.20. The Morgan fingerprint density at radius 1 is 1.00 bits per heavy atom. The molecule has 1 fully saturated rings. The van der Waals surface area contributed by atoms with Crippen LogP contribution in [0.5, 0.6) is 0 Å². The summed E-state index contributed by atoms with van der Waals surface area (Å²) in [4.78, 5) is 23.6. The number of sulfonamides is 1. The van der Waals surface area contributed by atoms with Crippen molar-refractivity contribution in [2.24, 2.45) is 0 Å². The summed E-state index contributed by atoms with van der Waals surface area (Å²) < 4.78 is 37.4. The standard InChI is InChI=1S/C20H23ClN2O6S/c1-28-19(24)9-16-11-23(12-17(22-16)10-20(25)29-2)30(26,27)18-6-4-13-7-15(21)5-3-14(13)8-18/h3-8,16-17,22H,9-12H2,1-2H3/t16-,17-/m0/s1. The molecular formula is C20H23ClN2O6S. The van der Waals surface area contributed by atoms with Crippen molar-refractivity contribution in [3.05, 3.63) is 41.4 Å². The Kier molecular flexibility index (Phi) is 6.97. The highest BCUT2D eigenvalue weighted by atomic mass is 35.5. The number of carbonyl (C=O) groups is 2. The van der Waals surface area contributed by atoms with Crippen LogP contribution in [0, 0.1) is 0 Å². The van der Waals surface area contributed by atoms with Gasteiger partial charge in [0.05, 0.1) is 32.0 Å². The van der Waals surface area contributed by atoms with Gasteiger partial charge in [-0.15, -0.1) is 0 Å². The van der Waals surface area contributed by atoms with Crippen LogP contribution >= 0.6 is 11.6 Å². The first-order chi connectivity index (χ1) is 14.2. The van der Waals surface area contributed by atoms with Crippen LogP contribution in [0.4, 0.5) is 0 Å². The van der Waals surface area contributed by atoms with Crippen LogP contribution < -0.4 is 5.32 Å². The number of benzene rings is 2. The summed E-state index contributed by atoms with van der Waals surface area (Å²) >= 11 is 6.00. The lowest BCUT2D eigenvalue weighted by Gasteiger charge is -2.37. The van der Waals surface area contributed by atoms with Gasteiger partial charge in [-0.2, -0.15) is 4.31 Å². The molecule has 0 saturated carbocycles. The van der Waals surface area contributed by atoms with Gasteiger partial charge < -0.3 is 14.8 Å². The molecule has 10 heteroatoms. The van der Waals surface area contributed by atoms with Crippen molar-refractivity contribution >= 4 is 44.3 Å². The first kappa shape index (κ1) is 22.5. The van der Waals surface area contributed by atoms with Gasteiger partial charge in [-0.25, -0.2) is 8.42 Å². The molecule has 0 aliphatic carbocycles. The number of esters is 2. The van der Waals surface area contributed by atoms with Crippen LogP contribution in [-0.2, 0) is 29.1 Å². The van der Waals surface area contributed by atoms with Crippen molar-refractivity contribution in [2.75, 3.05) is 27.3 Å². The number of hydrogen-bond acceptors (Lipinski definition) is 7. The predicted molar refractivity (Wildman–Crippen MR) is 112 cm³/mol. The van der Waals surface area contributed by atoms with Gasteiger partial charge in [0.15, 0.2) is 0 Å². The maximum atomic E-state index is 13.3. The summed E-state index contributed by atoms with van der Waals surface area (Å²) in [5, 5.41) is 5.29. The van der Waals surface area contributed by atoms with Crippen molar-refractivity contribution in [1.29, 1.82) is 0 Å². The van der Waals surface area contributed by atoms with Crippen molar-refractivity contribution in [3.63, 3.8) is 0 Å². The fourth-order valence-corrected chi connectivity index (χ4v) is 5.27. The minimum absolute atomic E-state index is 0.0174. The normalized spacial score (nSPS) is 20.1. The molecule has 0 spiro atoms. The topological polar surface area (TPSA) is 102 Å².